The number of carbonyl (C=O) groups is 1. The number of nitrogens with two attached hydrogens (primary N) is 1. The first kappa shape index (κ1) is 12.0. The topological polar surface area (TPSA) is 80.0 Å². The quantitative estimate of drug-likeness (QED) is 0.752. The summed E-state index contributed by atoms with van der Waals surface area (Å²) < 4.78 is 0. The standard InChI is InChI=1S/C13H14N4OS/c14-9-2-1-3-10(6-9)15-12(18)17-13-16-11(7-19-13)8-4-5-8/h1-3,6-8H,4-5,14H2,(H2,15,16,17,18). The molecule has 0 bridgehead atoms. The van der Waals surface area contributed by atoms with E-state index in [1.807, 2.05) is 5.38 Å². The van der Waals surface area contributed by atoms with Crippen molar-refractivity contribution in [2.75, 3.05) is 16.4 Å². The molecule has 1 aromatic carbocycles. The molecule has 2 amide bonds. The Morgan fingerprint density at radius 2 is 2.21 bits per heavy atom. The zero-order valence-electron chi connectivity index (χ0n) is 10.2. The third-order valence-corrected chi connectivity index (χ3v) is 3.66. The van der Waals surface area contributed by atoms with Gasteiger partial charge in [-0.15, -0.1) is 11.3 Å². The van der Waals surface area contributed by atoms with Gasteiger partial charge in [0.2, 0.25) is 0 Å². The van der Waals surface area contributed by atoms with E-state index < -0.39 is 0 Å². The number of hydrogen-bond acceptors (Lipinski definition) is 4. The summed E-state index contributed by atoms with van der Waals surface area (Å²) in [6, 6.07) is 6.75. The molecule has 0 saturated heterocycles. The second-order valence-electron chi connectivity index (χ2n) is 4.56. The first-order valence-electron chi connectivity index (χ1n) is 6.10. The summed E-state index contributed by atoms with van der Waals surface area (Å²) in [5.41, 5.74) is 8.01. The molecule has 4 N–H and O–H groups in total. The zero-order valence-corrected chi connectivity index (χ0v) is 11.0. The Kier molecular flexibility index (Phi) is 3.08. The molecule has 19 heavy (non-hydrogen) atoms. The van der Waals surface area contributed by atoms with E-state index >= 15 is 0 Å². The van der Waals surface area contributed by atoms with Crippen LogP contribution in [0.15, 0.2) is 29.6 Å². The molecular weight excluding hydrogens is 260 g/mol. The number of urea groups is 1. The van der Waals surface area contributed by atoms with E-state index in [1.54, 1.807) is 24.3 Å². The summed E-state index contributed by atoms with van der Waals surface area (Å²) in [4.78, 5) is 16.2. The number of nitrogens with one attached hydrogen (secondary N) is 2. The number of amides is 2. The van der Waals surface area contributed by atoms with Crippen molar-refractivity contribution in [1.82, 2.24) is 4.98 Å². The lowest BCUT2D eigenvalue weighted by Crippen LogP contribution is -2.19. The number of carbonyl (C=O) groups excluding carboxylic acids is 1. The van der Waals surface area contributed by atoms with Crippen molar-refractivity contribution in [1.29, 1.82) is 0 Å². The third-order valence-electron chi connectivity index (χ3n) is 2.88. The SMILES string of the molecule is Nc1cccc(NC(=O)Nc2nc(C3CC3)cs2)c1. The second-order valence-corrected chi connectivity index (χ2v) is 5.41. The molecule has 5 nitrogen and oxygen atoms in total. The van der Waals surface area contributed by atoms with E-state index in [9.17, 15) is 4.79 Å². The van der Waals surface area contributed by atoms with Crippen LogP contribution in [-0.4, -0.2) is 11.0 Å². The smallest absolute Gasteiger partial charge is 0.325 e. The molecule has 1 aliphatic rings. The number of hydrogen-bond donors (Lipinski definition) is 3. The number of aromatic nitrogens is 1. The van der Waals surface area contributed by atoms with Crippen molar-refractivity contribution < 1.29 is 4.79 Å². The average molecular weight is 274 g/mol. The molecule has 0 radical (unpaired) electrons. The summed E-state index contributed by atoms with van der Waals surface area (Å²) in [5, 5.41) is 8.09. The number of rotatable bonds is 3. The van der Waals surface area contributed by atoms with Crippen LogP contribution < -0.4 is 16.4 Å². The first-order valence-corrected chi connectivity index (χ1v) is 6.97. The Morgan fingerprint density at radius 3 is 2.95 bits per heavy atom. The summed E-state index contributed by atoms with van der Waals surface area (Å²) in [6.07, 6.45) is 2.41. The third kappa shape index (κ3) is 3.03. The number of nitrogens with zero attached hydrogens (tertiary/aromatic N) is 1. The highest BCUT2D eigenvalue weighted by molar-refractivity contribution is 7.14. The van der Waals surface area contributed by atoms with E-state index in [0.717, 1.165) is 5.69 Å². The molecule has 1 aromatic heterocycles. The van der Waals surface area contributed by atoms with Crippen LogP contribution in [0.5, 0.6) is 0 Å². The molecule has 0 unspecified atom stereocenters. The lowest BCUT2D eigenvalue weighted by molar-refractivity contribution is 0.262. The lowest BCUT2D eigenvalue weighted by atomic mass is 10.3. The van der Waals surface area contributed by atoms with Crippen LogP contribution >= 0.6 is 11.3 Å². The van der Waals surface area contributed by atoms with Crippen LogP contribution in [0.3, 0.4) is 0 Å². The number of nitrogen functional groups attached to an aromatic ring is 1. The predicted molar refractivity (Wildman–Crippen MR) is 77.6 cm³/mol. The lowest BCUT2D eigenvalue weighted by Gasteiger charge is -2.05. The highest BCUT2D eigenvalue weighted by atomic mass is 32.1. The molecule has 1 fully saturated rings. The van der Waals surface area contributed by atoms with Gasteiger partial charge in [0.25, 0.3) is 0 Å². The van der Waals surface area contributed by atoms with Gasteiger partial charge in [-0.3, -0.25) is 5.32 Å². The summed E-state index contributed by atoms with van der Waals surface area (Å²) >= 11 is 1.45. The molecule has 1 aliphatic carbocycles. The van der Waals surface area contributed by atoms with Gasteiger partial charge in [-0.25, -0.2) is 9.78 Å². The zero-order chi connectivity index (χ0) is 13.2. The fourth-order valence-corrected chi connectivity index (χ4v) is 2.57. The van der Waals surface area contributed by atoms with Crippen molar-refractivity contribution >= 4 is 33.9 Å². The minimum Gasteiger partial charge on any atom is -0.399 e. The van der Waals surface area contributed by atoms with Crippen molar-refractivity contribution in [2.45, 2.75) is 18.8 Å². The van der Waals surface area contributed by atoms with Gasteiger partial charge in [-0.1, -0.05) is 6.07 Å². The highest BCUT2D eigenvalue weighted by Gasteiger charge is 2.26. The summed E-state index contributed by atoms with van der Waals surface area (Å²) in [5.74, 6) is 0.601. The fourth-order valence-electron chi connectivity index (χ4n) is 1.79. The maximum Gasteiger partial charge on any atom is 0.325 e. The monoisotopic (exact) mass is 274 g/mol. The van der Waals surface area contributed by atoms with Crippen LogP contribution in [0.1, 0.15) is 24.5 Å². The van der Waals surface area contributed by atoms with Crippen LogP contribution in [0.2, 0.25) is 0 Å². The van der Waals surface area contributed by atoms with Crippen molar-refractivity contribution in [3.05, 3.63) is 35.3 Å². The molecule has 0 spiro atoms. The molecule has 98 valence electrons. The molecule has 3 rings (SSSR count). The van der Waals surface area contributed by atoms with Gasteiger partial charge in [0.05, 0.1) is 5.69 Å². The van der Waals surface area contributed by atoms with Crippen molar-refractivity contribution in [2.24, 2.45) is 0 Å². The van der Waals surface area contributed by atoms with Gasteiger partial charge in [-0.05, 0) is 31.0 Å². The largest absolute Gasteiger partial charge is 0.399 e. The normalized spacial score (nSPS) is 14.1. The van der Waals surface area contributed by atoms with Gasteiger partial charge in [-0.2, -0.15) is 0 Å². The van der Waals surface area contributed by atoms with Gasteiger partial charge in [0.1, 0.15) is 0 Å². The van der Waals surface area contributed by atoms with E-state index in [1.165, 1.54) is 24.2 Å². The maximum absolute atomic E-state index is 11.8. The molecule has 0 aliphatic heterocycles. The average Bonchev–Trinajstić information content (AvgIpc) is 3.11. The van der Waals surface area contributed by atoms with Crippen LogP contribution in [0.4, 0.5) is 21.3 Å². The minimum atomic E-state index is -0.303. The van der Waals surface area contributed by atoms with Gasteiger partial charge < -0.3 is 11.1 Å². The number of benzene rings is 1. The molecular formula is C13H14N4OS. The summed E-state index contributed by atoms with van der Waals surface area (Å²) in [7, 11) is 0. The Hall–Kier alpha value is -2.08. The van der Waals surface area contributed by atoms with Crippen LogP contribution in [-0.2, 0) is 0 Å². The molecule has 6 heteroatoms. The van der Waals surface area contributed by atoms with E-state index in [4.69, 9.17) is 5.73 Å². The Bertz CT molecular complexity index is 606. The van der Waals surface area contributed by atoms with E-state index in [2.05, 4.69) is 15.6 Å². The highest BCUT2D eigenvalue weighted by Crippen LogP contribution is 2.40. The molecule has 0 atom stereocenters. The number of anilines is 3. The van der Waals surface area contributed by atoms with Crippen LogP contribution in [0, 0.1) is 0 Å². The van der Waals surface area contributed by atoms with Gasteiger partial charge in [0, 0.05) is 22.7 Å². The van der Waals surface area contributed by atoms with Gasteiger partial charge in [0.15, 0.2) is 5.13 Å². The fraction of sp³-hybridized carbons (Fsp3) is 0.231. The van der Waals surface area contributed by atoms with E-state index in [-0.39, 0.29) is 6.03 Å². The van der Waals surface area contributed by atoms with Crippen molar-refractivity contribution in [3.8, 4) is 0 Å². The Labute approximate surface area is 114 Å². The maximum atomic E-state index is 11.8. The molecule has 1 saturated carbocycles. The molecule has 2 aromatic rings. The summed E-state index contributed by atoms with van der Waals surface area (Å²) in [6.45, 7) is 0. The second kappa shape index (κ2) is 4.89. The van der Waals surface area contributed by atoms with Crippen molar-refractivity contribution in [3.63, 3.8) is 0 Å². The molecule has 1 heterocycles. The van der Waals surface area contributed by atoms with Gasteiger partial charge >= 0.3 is 6.03 Å². The first-order chi connectivity index (χ1) is 9.20. The Morgan fingerprint density at radius 1 is 1.37 bits per heavy atom. The number of thiazole rings is 1. The predicted octanol–water partition coefficient (Wildman–Crippen LogP) is 3.25. The van der Waals surface area contributed by atoms with Crippen LogP contribution in [0.25, 0.3) is 0 Å². The van der Waals surface area contributed by atoms with E-state index in [0.29, 0.717) is 22.4 Å². The minimum absolute atomic E-state index is 0.303. The Balaban J connectivity index is 1.61.